The van der Waals surface area contributed by atoms with Crippen LogP contribution in [-0.2, 0) is 21.4 Å². The average Bonchev–Trinajstić information content (AvgIpc) is 2.75. The van der Waals surface area contributed by atoms with Crippen molar-refractivity contribution in [1.82, 2.24) is 9.21 Å². The first-order chi connectivity index (χ1) is 14.0. The molecule has 1 unspecified atom stereocenters. The molecule has 2 aromatic rings. The molecular weight excluding hydrogens is 390 g/mol. The van der Waals surface area contributed by atoms with Crippen LogP contribution in [0, 0.1) is 0 Å². The van der Waals surface area contributed by atoms with Crippen LogP contribution in [0.2, 0.25) is 0 Å². The number of amides is 1. The first kappa shape index (κ1) is 21.4. The molecule has 156 valence electrons. The number of quaternary nitrogens is 1. The molecule has 7 nitrogen and oxygen atoms in total. The van der Waals surface area contributed by atoms with Gasteiger partial charge in [-0.3, -0.25) is 4.79 Å². The first-order valence-corrected chi connectivity index (χ1v) is 11.3. The summed E-state index contributed by atoms with van der Waals surface area (Å²) >= 11 is 0. The smallest absolute Gasteiger partial charge is 0.277 e. The van der Waals surface area contributed by atoms with Crippen LogP contribution in [0.15, 0.2) is 65.6 Å². The van der Waals surface area contributed by atoms with Gasteiger partial charge in [-0.05, 0) is 12.1 Å². The van der Waals surface area contributed by atoms with Crippen LogP contribution in [0.5, 0.6) is 0 Å². The quantitative estimate of drug-likeness (QED) is 0.611. The van der Waals surface area contributed by atoms with Gasteiger partial charge in [0.05, 0.1) is 11.5 Å². The van der Waals surface area contributed by atoms with Gasteiger partial charge in [-0.15, -0.1) is 0 Å². The van der Waals surface area contributed by atoms with Gasteiger partial charge in [0.15, 0.2) is 6.54 Å². The lowest BCUT2D eigenvalue weighted by Crippen LogP contribution is -3.12. The zero-order valence-electron chi connectivity index (χ0n) is 16.4. The standard InChI is InChI=1S/C21H27N3O4S/c25-16-15-22(17-19-7-3-1-4-8-19)18-21(26)23-11-13-24(14-12-23)29(27,28)20-9-5-2-6-10-20/h1-10,25H,11-18H2/p+1. The largest absolute Gasteiger partial charge is 0.391 e. The minimum Gasteiger partial charge on any atom is -0.391 e. The number of hydrogen-bond donors (Lipinski definition) is 2. The summed E-state index contributed by atoms with van der Waals surface area (Å²) in [6.07, 6.45) is 0. The molecule has 1 fully saturated rings. The molecule has 3 rings (SSSR count). The second-order valence-corrected chi connectivity index (χ2v) is 9.10. The molecule has 0 spiro atoms. The minimum atomic E-state index is -3.53. The van der Waals surface area contributed by atoms with Gasteiger partial charge in [-0.1, -0.05) is 48.5 Å². The van der Waals surface area contributed by atoms with E-state index in [-0.39, 0.29) is 37.0 Å². The maximum Gasteiger partial charge on any atom is 0.277 e. The number of aliphatic hydroxyl groups excluding tert-OH is 1. The topological polar surface area (TPSA) is 82.4 Å². The van der Waals surface area contributed by atoms with E-state index in [1.807, 2.05) is 30.3 Å². The Hall–Kier alpha value is -2.26. The van der Waals surface area contributed by atoms with E-state index < -0.39 is 10.0 Å². The van der Waals surface area contributed by atoms with Crippen LogP contribution in [-0.4, -0.2) is 74.5 Å². The molecule has 0 aliphatic carbocycles. The van der Waals surface area contributed by atoms with Gasteiger partial charge in [-0.2, -0.15) is 4.31 Å². The van der Waals surface area contributed by atoms with Crippen molar-refractivity contribution in [2.45, 2.75) is 11.4 Å². The Balaban J connectivity index is 1.56. The van der Waals surface area contributed by atoms with Crippen LogP contribution in [0.3, 0.4) is 0 Å². The Morgan fingerprint density at radius 2 is 1.52 bits per heavy atom. The third-order valence-electron chi connectivity index (χ3n) is 5.14. The van der Waals surface area contributed by atoms with Gasteiger partial charge in [0.2, 0.25) is 10.0 Å². The number of carbonyl (C=O) groups is 1. The van der Waals surface area contributed by atoms with Gasteiger partial charge in [0, 0.05) is 31.7 Å². The molecule has 1 heterocycles. The van der Waals surface area contributed by atoms with Crippen molar-refractivity contribution in [2.75, 3.05) is 45.9 Å². The van der Waals surface area contributed by atoms with Crippen molar-refractivity contribution >= 4 is 15.9 Å². The van der Waals surface area contributed by atoms with Crippen molar-refractivity contribution in [2.24, 2.45) is 0 Å². The molecule has 0 aromatic heterocycles. The van der Waals surface area contributed by atoms with Gasteiger partial charge >= 0.3 is 0 Å². The highest BCUT2D eigenvalue weighted by Gasteiger charge is 2.31. The average molecular weight is 419 g/mol. The summed E-state index contributed by atoms with van der Waals surface area (Å²) < 4.78 is 26.9. The third-order valence-corrected chi connectivity index (χ3v) is 7.05. The first-order valence-electron chi connectivity index (χ1n) is 9.82. The van der Waals surface area contributed by atoms with E-state index in [1.54, 1.807) is 35.2 Å². The minimum absolute atomic E-state index is 0.0124. The molecule has 2 aromatic carbocycles. The van der Waals surface area contributed by atoms with Crippen LogP contribution in [0.25, 0.3) is 0 Å². The molecular formula is C21H28N3O4S+. The monoisotopic (exact) mass is 418 g/mol. The second kappa shape index (κ2) is 9.98. The fraction of sp³-hybridized carbons (Fsp3) is 0.381. The highest BCUT2D eigenvalue weighted by atomic mass is 32.2. The van der Waals surface area contributed by atoms with Crippen molar-refractivity contribution in [1.29, 1.82) is 0 Å². The molecule has 1 saturated heterocycles. The zero-order valence-corrected chi connectivity index (χ0v) is 17.2. The van der Waals surface area contributed by atoms with Gasteiger partial charge in [-0.25, -0.2) is 8.42 Å². The highest BCUT2D eigenvalue weighted by Crippen LogP contribution is 2.17. The lowest BCUT2D eigenvalue weighted by Gasteiger charge is -2.34. The van der Waals surface area contributed by atoms with E-state index in [4.69, 9.17) is 0 Å². The molecule has 0 saturated carbocycles. The summed E-state index contributed by atoms with van der Waals surface area (Å²) in [5, 5.41) is 9.35. The summed E-state index contributed by atoms with van der Waals surface area (Å²) in [6.45, 7) is 2.77. The van der Waals surface area contributed by atoms with Crippen LogP contribution in [0.1, 0.15) is 5.56 Å². The Morgan fingerprint density at radius 1 is 0.931 bits per heavy atom. The summed E-state index contributed by atoms with van der Waals surface area (Å²) in [7, 11) is -3.53. The van der Waals surface area contributed by atoms with Crippen molar-refractivity contribution < 1.29 is 23.2 Å². The fourth-order valence-electron chi connectivity index (χ4n) is 3.53. The SMILES string of the molecule is O=C(C[NH+](CCO)Cc1ccccc1)N1CCN(S(=O)(=O)c2ccccc2)CC1. The lowest BCUT2D eigenvalue weighted by molar-refractivity contribution is -0.906. The van der Waals surface area contributed by atoms with Gasteiger partial charge in [0.1, 0.15) is 13.1 Å². The Kier molecular flexibility index (Phi) is 7.38. The Bertz CT molecular complexity index is 883. The zero-order chi connectivity index (χ0) is 20.7. The molecule has 1 atom stereocenters. The number of nitrogens with one attached hydrogen (secondary N) is 1. The molecule has 8 heteroatoms. The number of benzene rings is 2. The van der Waals surface area contributed by atoms with Crippen LogP contribution in [0.4, 0.5) is 0 Å². The maximum absolute atomic E-state index is 12.8. The molecule has 0 radical (unpaired) electrons. The van der Waals surface area contributed by atoms with Crippen LogP contribution >= 0.6 is 0 Å². The molecule has 2 N–H and O–H groups in total. The predicted molar refractivity (Wildman–Crippen MR) is 110 cm³/mol. The summed E-state index contributed by atoms with van der Waals surface area (Å²) in [5.41, 5.74) is 1.11. The predicted octanol–water partition coefficient (Wildman–Crippen LogP) is -0.403. The molecule has 1 aliphatic heterocycles. The third kappa shape index (κ3) is 5.63. The van der Waals surface area contributed by atoms with E-state index in [2.05, 4.69) is 0 Å². The Morgan fingerprint density at radius 3 is 2.10 bits per heavy atom. The van der Waals surface area contributed by atoms with Crippen LogP contribution < -0.4 is 4.90 Å². The van der Waals surface area contributed by atoms with E-state index >= 15 is 0 Å². The molecule has 0 bridgehead atoms. The number of carbonyl (C=O) groups excluding carboxylic acids is 1. The number of hydrogen-bond acceptors (Lipinski definition) is 4. The summed E-state index contributed by atoms with van der Waals surface area (Å²) in [5.74, 6) is -0.0128. The summed E-state index contributed by atoms with van der Waals surface area (Å²) in [6, 6.07) is 18.3. The summed E-state index contributed by atoms with van der Waals surface area (Å²) in [4.78, 5) is 15.7. The maximum atomic E-state index is 12.8. The number of sulfonamides is 1. The number of aliphatic hydroxyl groups is 1. The van der Waals surface area contributed by atoms with Gasteiger partial charge in [0.25, 0.3) is 5.91 Å². The van der Waals surface area contributed by atoms with E-state index in [0.29, 0.717) is 26.2 Å². The van der Waals surface area contributed by atoms with Crippen molar-refractivity contribution in [3.05, 3.63) is 66.2 Å². The highest BCUT2D eigenvalue weighted by molar-refractivity contribution is 7.89. The fourth-order valence-corrected chi connectivity index (χ4v) is 4.97. The number of nitrogens with zero attached hydrogens (tertiary/aromatic N) is 2. The van der Waals surface area contributed by atoms with E-state index in [9.17, 15) is 18.3 Å². The van der Waals surface area contributed by atoms with Crippen molar-refractivity contribution in [3.8, 4) is 0 Å². The van der Waals surface area contributed by atoms with Gasteiger partial charge < -0.3 is 14.9 Å². The second-order valence-electron chi connectivity index (χ2n) is 7.16. The molecule has 29 heavy (non-hydrogen) atoms. The lowest BCUT2D eigenvalue weighted by atomic mass is 10.2. The van der Waals surface area contributed by atoms with E-state index in [1.165, 1.54) is 4.31 Å². The molecule has 1 aliphatic rings. The van der Waals surface area contributed by atoms with Crippen molar-refractivity contribution in [3.63, 3.8) is 0 Å². The number of rotatable bonds is 8. The Labute approximate surface area is 172 Å². The normalized spacial score (nSPS) is 16.5. The molecule has 1 amide bonds. The number of piperazine rings is 1. The van der Waals surface area contributed by atoms with E-state index in [0.717, 1.165) is 10.5 Å².